The molecule has 0 radical (unpaired) electrons. The molecular weight excluding hydrogens is 352 g/mol. The zero-order valence-corrected chi connectivity index (χ0v) is 16.5. The summed E-state index contributed by atoms with van der Waals surface area (Å²) >= 11 is 0. The zero-order chi connectivity index (χ0) is 19.8. The second-order valence-electron chi connectivity index (χ2n) is 7.44. The minimum absolute atomic E-state index is 0.110. The van der Waals surface area contributed by atoms with Crippen LogP contribution in [0.3, 0.4) is 0 Å². The number of carbonyl (C=O) groups excluding carboxylic acids is 1. The molecule has 0 bridgehead atoms. The largest absolute Gasteiger partial charge is 0.422 e. The van der Waals surface area contributed by atoms with Crippen molar-refractivity contribution in [2.75, 3.05) is 31.1 Å². The lowest BCUT2D eigenvalue weighted by atomic mass is 10.1. The number of hydrogen-bond acceptors (Lipinski definition) is 4. The van der Waals surface area contributed by atoms with E-state index < -0.39 is 5.63 Å². The van der Waals surface area contributed by atoms with E-state index in [2.05, 4.69) is 36.9 Å². The minimum atomic E-state index is -0.566. The summed E-state index contributed by atoms with van der Waals surface area (Å²) in [5.74, 6) is -0.252. The zero-order valence-electron chi connectivity index (χ0n) is 16.5. The second-order valence-corrected chi connectivity index (χ2v) is 7.44. The van der Waals surface area contributed by atoms with Gasteiger partial charge >= 0.3 is 5.63 Å². The molecule has 1 amide bonds. The SMILES string of the molecule is Cc1cccc(N2CCN(C(=O)c3cc4cccc(C)c4oc3=O)CC2)c1C. The molecule has 2 aromatic carbocycles. The predicted octanol–water partition coefficient (Wildman–Crippen LogP) is 3.68. The summed E-state index contributed by atoms with van der Waals surface area (Å²) in [6, 6.07) is 13.6. The molecule has 1 saturated heterocycles. The van der Waals surface area contributed by atoms with E-state index in [-0.39, 0.29) is 11.5 Å². The van der Waals surface area contributed by atoms with Gasteiger partial charge in [-0.25, -0.2) is 4.79 Å². The standard InChI is InChI=1S/C23H24N2O3/c1-15-6-5-9-20(17(15)3)24-10-12-25(13-11-24)22(26)19-14-18-8-4-7-16(2)21(18)28-23(19)27/h4-9,14H,10-13H2,1-3H3. The maximum Gasteiger partial charge on any atom is 0.349 e. The Morgan fingerprint density at radius 2 is 1.61 bits per heavy atom. The summed E-state index contributed by atoms with van der Waals surface area (Å²) < 4.78 is 5.44. The maximum absolute atomic E-state index is 13.0. The van der Waals surface area contributed by atoms with Crippen molar-refractivity contribution in [1.29, 1.82) is 0 Å². The molecule has 5 heteroatoms. The summed E-state index contributed by atoms with van der Waals surface area (Å²) in [6.07, 6.45) is 0. The van der Waals surface area contributed by atoms with Crippen LogP contribution < -0.4 is 10.5 Å². The molecule has 1 fully saturated rings. The lowest BCUT2D eigenvalue weighted by molar-refractivity contribution is 0.0742. The molecule has 0 unspecified atom stereocenters. The molecule has 0 saturated carbocycles. The number of para-hydroxylation sites is 1. The lowest BCUT2D eigenvalue weighted by Gasteiger charge is -2.37. The molecule has 28 heavy (non-hydrogen) atoms. The quantitative estimate of drug-likeness (QED) is 0.640. The van der Waals surface area contributed by atoms with Crippen molar-refractivity contribution >= 4 is 22.6 Å². The molecule has 1 aliphatic rings. The Morgan fingerprint density at radius 1 is 0.929 bits per heavy atom. The Bertz CT molecular complexity index is 1110. The highest BCUT2D eigenvalue weighted by molar-refractivity contribution is 5.97. The number of amides is 1. The Balaban J connectivity index is 1.54. The number of anilines is 1. The first kappa shape index (κ1) is 18.3. The van der Waals surface area contributed by atoms with Crippen molar-refractivity contribution in [2.45, 2.75) is 20.8 Å². The van der Waals surface area contributed by atoms with Crippen molar-refractivity contribution in [3.8, 4) is 0 Å². The topological polar surface area (TPSA) is 53.8 Å². The van der Waals surface area contributed by atoms with Gasteiger partial charge in [-0.2, -0.15) is 0 Å². The highest BCUT2D eigenvalue weighted by atomic mass is 16.4. The molecule has 0 aliphatic carbocycles. The summed E-state index contributed by atoms with van der Waals surface area (Å²) in [7, 11) is 0. The van der Waals surface area contributed by atoms with Crippen molar-refractivity contribution in [3.63, 3.8) is 0 Å². The van der Waals surface area contributed by atoms with Gasteiger partial charge in [-0.1, -0.05) is 30.3 Å². The van der Waals surface area contributed by atoms with Crippen LogP contribution in [-0.4, -0.2) is 37.0 Å². The predicted molar refractivity (Wildman–Crippen MR) is 111 cm³/mol. The van der Waals surface area contributed by atoms with Crippen LogP contribution in [0.5, 0.6) is 0 Å². The average Bonchev–Trinajstić information content (AvgIpc) is 2.70. The van der Waals surface area contributed by atoms with E-state index in [0.717, 1.165) is 24.0 Å². The maximum atomic E-state index is 13.0. The average molecular weight is 376 g/mol. The van der Waals surface area contributed by atoms with E-state index >= 15 is 0 Å². The van der Waals surface area contributed by atoms with Crippen LogP contribution in [0.15, 0.2) is 51.7 Å². The Morgan fingerprint density at radius 3 is 2.36 bits per heavy atom. The van der Waals surface area contributed by atoms with Gasteiger partial charge in [0.2, 0.25) is 0 Å². The van der Waals surface area contributed by atoms with E-state index in [1.807, 2.05) is 25.1 Å². The fourth-order valence-electron chi connectivity index (χ4n) is 3.84. The first-order valence-corrected chi connectivity index (χ1v) is 9.59. The van der Waals surface area contributed by atoms with Crippen LogP contribution in [0.2, 0.25) is 0 Å². The molecule has 5 nitrogen and oxygen atoms in total. The van der Waals surface area contributed by atoms with Gasteiger partial charge in [0.05, 0.1) is 0 Å². The number of nitrogens with zero attached hydrogens (tertiary/aromatic N) is 2. The molecule has 0 atom stereocenters. The smallest absolute Gasteiger partial charge is 0.349 e. The van der Waals surface area contributed by atoms with Gasteiger partial charge in [0.1, 0.15) is 11.1 Å². The summed E-state index contributed by atoms with van der Waals surface area (Å²) in [5, 5.41) is 0.775. The summed E-state index contributed by atoms with van der Waals surface area (Å²) in [5.41, 5.74) is 4.72. The third-order valence-electron chi connectivity index (χ3n) is 5.67. The van der Waals surface area contributed by atoms with Gasteiger partial charge in [0, 0.05) is 37.3 Å². The van der Waals surface area contributed by atoms with Crippen LogP contribution in [0, 0.1) is 20.8 Å². The first-order valence-electron chi connectivity index (χ1n) is 9.59. The third-order valence-corrected chi connectivity index (χ3v) is 5.67. The summed E-state index contributed by atoms with van der Waals surface area (Å²) in [4.78, 5) is 29.4. The monoisotopic (exact) mass is 376 g/mol. The lowest BCUT2D eigenvalue weighted by Crippen LogP contribution is -2.49. The Labute approximate surface area is 164 Å². The van der Waals surface area contributed by atoms with Gasteiger partial charge in [-0.3, -0.25) is 4.79 Å². The molecule has 0 N–H and O–H groups in total. The number of aryl methyl sites for hydroxylation is 2. The van der Waals surface area contributed by atoms with Crippen molar-refractivity contribution in [1.82, 2.24) is 4.90 Å². The Kier molecular flexibility index (Phi) is 4.67. The van der Waals surface area contributed by atoms with Crippen molar-refractivity contribution in [3.05, 3.63) is 75.1 Å². The van der Waals surface area contributed by atoms with Gasteiger partial charge in [0.25, 0.3) is 5.91 Å². The van der Waals surface area contributed by atoms with Crippen LogP contribution in [0.1, 0.15) is 27.0 Å². The van der Waals surface area contributed by atoms with Crippen molar-refractivity contribution < 1.29 is 9.21 Å². The van der Waals surface area contributed by atoms with Crippen LogP contribution >= 0.6 is 0 Å². The number of benzene rings is 2. The van der Waals surface area contributed by atoms with E-state index in [1.54, 1.807) is 11.0 Å². The molecule has 1 aliphatic heterocycles. The van der Waals surface area contributed by atoms with Crippen LogP contribution in [0.4, 0.5) is 5.69 Å². The normalized spacial score (nSPS) is 14.5. The Hall–Kier alpha value is -3.08. The fraction of sp³-hybridized carbons (Fsp3) is 0.304. The van der Waals surface area contributed by atoms with E-state index in [1.165, 1.54) is 16.8 Å². The van der Waals surface area contributed by atoms with E-state index in [4.69, 9.17) is 4.42 Å². The van der Waals surface area contributed by atoms with Gasteiger partial charge in [-0.15, -0.1) is 0 Å². The number of fused-ring (bicyclic) bond motifs is 1. The molecule has 0 spiro atoms. The first-order chi connectivity index (χ1) is 13.5. The van der Waals surface area contributed by atoms with Crippen LogP contribution in [-0.2, 0) is 0 Å². The van der Waals surface area contributed by atoms with Gasteiger partial charge in [0.15, 0.2) is 0 Å². The number of rotatable bonds is 2. The highest BCUT2D eigenvalue weighted by Gasteiger charge is 2.25. The fourth-order valence-corrected chi connectivity index (χ4v) is 3.84. The number of piperazine rings is 1. The number of hydrogen-bond donors (Lipinski definition) is 0. The van der Waals surface area contributed by atoms with E-state index in [9.17, 15) is 9.59 Å². The van der Waals surface area contributed by atoms with Gasteiger partial charge in [-0.05, 0) is 49.6 Å². The molecular formula is C23H24N2O3. The summed E-state index contributed by atoms with van der Waals surface area (Å²) in [6.45, 7) is 8.78. The molecule has 4 rings (SSSR count). The molecule has 1 aromatic heterocycles. The van der Waals surface area contributed by atoms with E-state index in [0.29, 0.717) is 18.7 Å². The minimum Gasteiger partial charge on any atom is -0.422 e. The molecule has 3 aromatic rings. The third kappa shape index (κ3) is 3.17. The molecule has 2 heterocycles. The molecule has 144 valence electrons. The van der Waals surface area contributed by atoms with Crippen LogP contribution in [0.25, 0.3) is 11.0 Å². The second kappa shape index (κ2) is 7.15. The van der Waals surface area contributed by atoms with Crippen molar-refractivity contribution in [2.24, 2.45) is 0 Å². The van der Waals surface area contributed by atoms with Gasteiger partial charge < -0.3 is 14.2 Å². The highest BCUT2D eigenvalue weighted by Crippen LogP contribution is 2.24. The number of carbonyl (C=O) groups is 1.